The summed E-state index contributed by atoms with van der Waals surface area (Å²) in [5.74, 6) is -0.307. The van der Waals surface area contributed by atoms with Crippen molar-refractivity contribution in [3.8, 4) is 11.3 Å². The van der Waals surface area contributed by atoms with Crippen LogP contribution in [0.5, 0.6) is 0 Å². The summed E-state index contributed by atoms with van der Waals surface area (Å²) >= 11 is 0. The number of nitrogens with zero attached hydrogens (tertiary/aromatic N) is 5. The Labute approximate surface area is 191 Å². The molecular formula is C25H26N6O2. The normalized spacial score (nSPS) is 14.7. The average molecular weight is 443 g/mol. The molecule has 1 amide bonds. The van der Waals surface area contributed by atoms with Gasteiger partial charge in [0, 0.05) is 44.1 Å². The predicted octanol–water partition coefficient (Wildman–Crippen LogP) is 2.25. The monoisotopic (exact) mass is 442 g/mol. The molecule has 8 heteroatoms. The number of imidazole rings is 1. The van der Waals surface area contributed by atoms with Gasteiger partial charge < -0.3 is 14.8 Å². The molecule has 0 spiro atoms. The molecule has 1 aromatic carbocycles. The summed E-state index contributed by atoms with van der Waals surface area (Å²) < 4.78 is 1.80. The molecule has 4 aromatic rings. The second kappa shape index (κ2) is 9.09. The smallest absolute Gasteiger partial charge is 0.271 e. The SMILES string of the molecule is Cc1ccc(-c2ccc3nc(C(=O)NCC(O)CN4CCc5ccccc5C4)cn3c2)nn1. The molecule has 33 heavy (non-hydrogen) atoms. The summed E-state index contributed by atoms with van der Waals surface area (Å²) in [6, 6.07) is 16.0. The van der Waals surface area contributed by atoms with Crippen molar-refractivity contribution >= 4 is 11.6 Å². The van der Waals surface area contributed by atoms with Crippen LogP contribution in [0.2, 0.25) is 0 Å². The summed E-state index contributed by atoms with van der Waals surface area (Å²) in [6.07, 6.45) is 3.89. The number of carbonyl (C=O) groups is 1. The first-order valence-electron chi connectivity index (χ1n) is 11.1. The number of aliphatic hydroxyl groups is 1. The topological polar surface area (TPSA) is 95.6 Å². The molecular weight excluding hydrogens is 416 g/mol. The van der Waals surface area contributed by atoms with E-state index in [0.29, 0.717) is 17.9 Å². The van der Waals surface area contributed by atoms with Gasteiger partial charge in [0.05, 0.1) is 17.5 Å². The van der Waals surface area contributed by atoms with Gasteiger partial charge in [0.2, 0.25) is 0 Å². The molecule has 5 rings (SSSR count). The van der Waals surface area contributed by atoms with E-state index in [4.69, 9.17) is 0 Å². The van der Waals surface area contributed by atoms with Crippen LogP contribution in [0.1, 0.15) is 27.3 Å². The Morgan fingerprint density at radius 2 is 1.94 bits per heavy atom. The number of nitrogens with one attached hydrogen (secondary N) is 1. The summed E-state index contributed by atoms with van der Waals surface area (Å²) in [6.45, 7) is 4.31. The van der Waals surface area contributed by atoms with Crippen LogP contribution in [-0.2, 0) is 13.0 Å². The van der Waals surface area contributed by atoms with Gasteiger partial charge in [-0.15, -0.1) is 0 Å². The Balaban J connectivity index is 1.19. The third-order valence-electron chi connectivity index (χ3n) is 5.95. The van der Waals surface area contributed by atoms with E-state index in [1.165, 1.54) is 11.1 Å². The van der Waals surface area contributed by atoms with Crippen molar-refractivity contribution in [2.75, 3.05) is 19.6 Å². The van der Waals surface area contributed by atoms with Crippen LogP contribution in [0.4, 0.5) is 0 Å². The lowest BCUT2D eigenvalue weighted by molar-refractivity contribution is 0.0838. The van der Waals surface area contributed by atoms with E-state index < -0.39 is 6.10 Å². The second-order valence-electron chi connectivity index (χ2n) is 8.49. The maximum Gasteiger partial charge on any atom is 0.271 e. The molecule has 0 saturated carbocycles. The quantitative estimate of drug-likeness (QED) is 0.476. The molecule has 1 aliphatic heterocycles. The molecule has 1 atom stereocenters. The van der Waals surface area contributed by atoms with Gasteiger partial charge in [-0.1, -0.05) is 24.3 Å². The first-order chi connectivity index (χ1) is 16.0. The highest BCUT2D eigenvalue weighted by atomic mass is 16.3. The van der Waals surface area contributed by atoms with Crippen molar-refractivity contribution in [1.29, 1.82) is 0 Å². The van der Waals surface area contributed by atoms with Gasteiger partial charge in [-0.3, -0.25) is 9.69 Å². The number of aliphatic hydroxyl groups excluding tert-OH is 1. The lowest BCUT2D eigenvalue weighted by Crippen LogP contribution is -2.42. The van der Waals surface area contributed by atoms with Gasteiger partial charge in [-0.05, 0) is 48.7 Å². The molecule has 2 N–H and O–H groups in total. The van der Waals surface area contributed by atoms with Crippen molar-refractivity contribution in [2.24, 2.45) is 0 Å². The summed E-state index contributed by atoms with van der Waals surface area (Å²) in [5.41, 5.74) is 6.15. The zero-order valence-electron chi connectivity index (χ0n) is 18.5. The number of carbonyl (C=O) groups excluding carboxylic acids is 1. The Morgan fingerprint density at radius 1 is 1.09 bits per heavy atom. The fraction of sp³-hybridized carbons (Fsp3) is 0.280. The molecule has 1 aliphatic rings. The molecule has 3 aromatic heterocycles. The number of aryl methyl sites for hydroxylation is 1. The first-order valence-corrected chi connectivity index (χ1v) is 11.1. The summed E-state index contributed by atoms with van der Waals surface area (Å²) in [4.78, 5) is 19.3. The number of β-amino-alcohol motifs (C(OH)–C–C–N with tert-alkyl or cyclic N) is 1. The largest absolute Gasteiger partial charge is 0.390 e. The van der Waals surface area contributed by atoms with Gasteiger partial charge in [-0.25, -0.2) is 4.98 Å². The van der Waals surface area contributed by atoms with E-state index in [1.807, 2.05) is 43.5 Å². The highest BCUT2D eigenvalue weighted by molar-refractivity contribution is 5.92. The van der Waals surface area contributed by atoms with Crippen LogP contribution in [0.15, 0.2) is 60.9 Å². The van der Waals surface area contributed by atoms with Crippen molar-refractivity contribution in [2.45, 2.75) is 26.0 Å². The summed E-state index contributed by atoms with van der Waals surface area (Å²) in [5, 5.41) is 21.6. The number of hydrogen-bond donors (Lipinski definition) is 2. The molecule has 0 bridgehead atoms. The van der Waals surface area contributed by atoms with Crippen molar-refractivity contribution in [3.63, 3.8) is 0 Å². The predicted molar refractivity (Wildman–Crippen MR) is 125 cm³/mol. The van der Waals surface area contributed by atoms with Crippen LogP contribution >= 0.6 is 0 Å². The van der Waals surface area contributed by atoms with Gasteiger partial charge in [0.1, 0.15) is 11.3 Å². The number of benzene rings is 1. The van der Waals surface area contributed by atoms with Crippen LogP contribution in [0.25, 0.3) is 16.9 Å². The second-order valence-corrected chi connectivity index (χ2v) is 8.49. The summed E-state index contributed by atoms with van der Waals surface area (Å²) in [7, 11) is 0. The van der Waals surface area contributed by atoms with Gasteiger partial charge in [0.25, 0.3) is 5.91 Å². The molecule has 0 aliphatic carbocycles. The van der Waals surface area contributed by atoms with Crippen LogP contribution in [0, 0.1) is 6.92 Å². The molecule has 0 fully saturated rings. The fourth-order valence-electron chi connectivity index (χ4n) is 4.18. The van der Waals surface area contributed by atoms with Gasteiger partial charge >= 0.3 is 0 Å². The number of fused-ring (bicyclic) bond motifs is 2. The van der Waals surface area contributed by atoms with Crippen molar-refractivity contribution in [3.05, 3.63) is 83.4 Å². The zero-order valence-corrected chi connectivity index (χ0v) is 18.5. The molecule has 0 saturated heterocycles. The average Bonchev–Trinajstić information content (AvgIpc) is 3.26. The maximum atomic E-state index is 12.6. The van der Waals surface area contributed by atoms with Crippen LogP contribution in [-0.4, -0.2) is 61.2 Å². The molecule has 0 radical (unpaired) electrons. The third-order valence-corrected chi connectivity index (χ3v) is 5.95. The Hall–Kier alpha value is -3.62. The van der Waals surface area contributed by atoms with Gasteiger partial charge in [0.15, 0.2) is 0 Å². The highest BCUT2D eigenvalue weighted by Gasteiger charge is 2.19. The van der Waals surface area contributed by atoms with Crippen molar-refractivity contribution < 1.29 is 9.90 Å². The van der Waals surface area contributed by atoms with Crippen LogP contribution < -0.4 is 5.32 Å². The standard InChI is InChI=1S/C25H26N6O2/c1-17-6-8-22(29-28-17)20-7-9-24-27-23(16-31(24)14-20)25(33)26-12-21(32)15-30-11-10-18-4-2-3-5-19(18)13-30/h2-9,14,16,21,32H,10-13,15H2,1H3,(H,26,33). The van der Waals surface area contributed by atoms with E-state index >= 15 is 0 Å². The van der Waals surface area contributed by atoms with Crippen molar-refractivity contribution in [1.82, 2.24) is 29.8 Å². The maximum absolute atomic E-state index is 12.6. The third kappa shape index (κ3) is 4.76. The van der Waals surface area contributed by atoms with Gasteiger partial charge in [-0.2, -0.15) is 10.2 Å². The van der Waals surface area contributed by atoms with E-state index in [0.717, 1.165) is 36.5 Å². The first kappa shape index (κ1) is 21.2. The highest BCUT2D eigenvalue weighted by Crippen LogP contribution is 2.19. The molecule has 8 nitrogen and oxygen atoms in total. The number of pyridine rings is 1. The van der Waals surface area contributed by atoms with Crippen LogP contribution in [0.3, 0.4) is 0 Å². The van der Waals surface area contributed by atoms with E-state index in [9.17, 15) is 9.90 Å². The Kier molecular flexibility index (Phi) is 5.85. The molecule has 4 heterocycles. The van der Waals surface area contributed by atoms with E-state index in [-0.39, 0.29) is 12.5 Å². The molecule has 168 valence electrons. The zero-order chi connectivity index (χ0) is 22.8. The Bertz CT molecular complexity index is 1280. The minimum atomic E-state index is -0.650. The fourth-order valence-corrected chi connectivity index (χ4v) is 4.18. The minimum Gasteiger partial charge on any atom is -0.390 e. The number of amides is 1. The minimum absolute atomic E-state index is 0.176. The molecule has 1 unspecified atom stereocenters. The lowest BCUT2D eigenvalue weighted by Gasteiger charge is -2.30. The van der Waals surface area contributed by atoms with E-state index in [1.54, 1.807) is 10.6 Å². The number of hydrogen-bond acceptors (Lipinski definition) is 6. The number of rotatable bonds is 6. The lowest BCUT2D eigenvalue weighted by atomic mass is 10.00. The number of aromatic nitrogens is 4. The Morgan fingerprint density at radius 3 is 2.76 bits per heavy atom. The van der Waals surface area contributed by atoms with E-state index in [2.05, 4.69) is 43.6 Å².